The fourth-order valence-corrected chi connectivity index (χ4v) is 5.83. The Hall–Kier alpha value is -2.91. The molecule has 0 aliphatic carbocycles. The predicted octanol–water partition coefficient (Wildman–Crippen LogP) is 6.49. The van der Waals surface area contributed by atoms with E-state index in [9.17, 15) is 18.8 Å². The molecule has 1 saturated heterocycles. The number of allylic oxidation sites excluding steroid dienone is 2. The number of carbonyl (C=O) groups excluding carboxylic acids is 3. The van der Waals surface area contributed by atoms with E-state index in [-0.39, 0.29) is 59.3 Å². The first-order valence-electron chi connectivity index (χ1n) is 13.6. The molecule has 0 aromatic heterocycles. The van der Waals surface area contributed by atoms with E-state index in [0.717, 1.165) is 0 Å². The fourth-order valence-electron chi connectivity index (χ4n) is 5.41. The Kier molecular flexibility index (Phi) is 12.0. The van der Waals surface area contributed by atoms with Gasteiger partial charge in [-0.3, -0.25) is 9.69 Å². The van der Waals surface area contributed by atoms with Crippen molar-refractivity contribution >= 4 is 53.3 Å². The molecule has 0 bridgehead atoms. The lowest BCUT2D eigenvalue weighted by atomic mass is 9.80. The summed E-state index contributed by atoms with van der Waals surface area (Å²) in [6, 6.07) is 10.7. The van der Waals surface area contributed by atoms with Crippen LogP contribution in [0.3, 0.4) is 0 Å². The van der Waals surface area contributed by atoms with Crippen LogP contribution in [0.15, 0.2) is 65.0 Å². The minimum atomic E-state index is -0.831. The maximum atomic E-state index is 13.5. The molecule has 1 atom stereocenters. The summed E-state index contributed by atoms with van der Waals surface area (Å²) in [5.41, 5.74) is 2.64. The largest absolute Gasteiger partial charge is 0.463 e. The van der Waals surface area contributed by atoms with Crippen LogP contribution in [0.5, 0.6) is 0 Å². The maximum Gasteiger partial charge on any atom is 0.336 e. The number of hydrogen-bond donors (Lipinski definition) is 1. The van der Waals surface area contributed by atoms with Gasteiger partial charge in [-0.1, -0.05) is 35.3 Å². The summed E-state index contributed by atoms with van der Waals surface area (Å²) in [5, 5.41) is 3.67. The van der Waals surface area contributed by atoms with Crippen molar-refractivity contribution in [3.8, 4) is 0 Å². The van der Waals surface area contributed by atoms with Crippen LogP contribution in [0.1, 0.15) is 55.5 Å². The summed E-state index contributed by atoms with van der Waals surface area (Å²) < 4.78 is 24.3. The van der Waals surface area contributed by atoms with Crippen LogP contribution in [0.2, 0.25) is 10.0 Å². The van der Waals surface area contributed by atoms with E-state index in [1.165, 1.54) is 24.3 Å². The quantitative estimate of drug-likeness (QED) is 0.248. The maximum absolute atomic E-state index is 13.5. The van der Waals surface area contributed by atoms with E-state index < -0.39 is 17.9 Å². The molecular weight excluding hydrogens is 606 g/mol. The number of nitrogens with one attached hydrogen (secondary N) is 1. The van der Waals surface area contributed by atoms with Gasteiger partial charge in [-0.2, -0.15) is 0 Å². The number of ether oxygens (including phenoxy) is 2. The summed E-state index contributed by atoms with van der Waals surface area (Å²) in [5.74, 6) is -2.44. The zero-order chi connectivity index (χ0) is 29.7. The number of halogens is 4. The molecule has 11 heteroatoms. The van der Waals surface area contributed by atoms with E-state index in [1.54, 1.807) is 39.0 Å². The summed E-state index contributed by atoms with van der Waals surface area (Å²) >= 11 is 12.9. The van der Waals surface area contributed by atoms with Gasteiger partial charge in [0.05, 0.1) is 33.7 Å². The van der Waals surface area contributed by atoms with Gasteiger partial charge in [0.1, 0.15) is 12.4 Å². The lowest BCUT2D eigenvalue weighted by Gasteiger charge is -2.32. The first kappa shape index (κ1) is 33.6. The SMILES string of the molecule is CCOC(=O)C1=C(C)NC(C)=C(C(=O)OCCN2CCC(C(=O)c3ccc(F)cc3)CC2)C1c1cccc(Cl)c1Cl.Cl. The molecule has 7 nitrogen and oxygen atoms in total. The second-order valence-corrected chi connectivity index (χ2v) is 10.9. The van der Waals surface area contributed by atoms with Crippen molar-refractivity contribution in [3.05, 3.63) is 92.0 Å². The van der Waals surface area contributed by atoms with Crippen molar-refractivity contribution in [2.24, 2.45) is 5.92 Å². The van der Waals surface area contributed by atoms with Crippen molar-refractivity contribution in [1.29, 1.82) is 0 Å². The number of benzene rings is 2. The highest BCUT2D eigenvalue weighted by Crippen LogP contribution is 2.43. The zero-order valence-corrected chi connectivity index (χ0v) is 26.0. The highest BCUT2D eigenvalue weighted by atomic mass is 35.5. The number of dihydropyridines is 1. The van der Waals surface area contributed by atoms with Crippen LogP contribution < -0.4 is 5.32 Å². The number of nitrogens with zero attached hydrogens (tertiary/aromatic N) is 1. The van der Waals surface area contributed by atoms with Gasteiger partial charge in [0.25, 0.3) is 0 Å². The van der Waals surface area contributed by atoms with Crippen LogP contribution in [-0.2, 0) is 19.1 Å². The molecule has 2 aliphatic heterocycles. The Bertz CT molecular complexity index is 1390. The molecule has 42 heavy (non-hydrogen) atoms. The molecule has 1 fully saturated rings. The van der Waals surface area contributed by atoms with Crippen molar-refractivity contribution in [2.75, 3.05) is 32.8 Å². The highest BCUT2D eigenvalue weighted by Gasteiger charge is 2.39. The summed E-state index contributed by atoms with van der Waals surface area (Å²) in [7, 11) is 0. The first-order chi connectivity index (χ1) is 19.6. The molecule has 0 spiro atoms. The van der Waals surface area contributed by atoms with Gasteiger partial charge in [0, 0.05) is 29.4 Å². The van der Waals surface area contributed by atoms with Gasteiger partial charge in [0.2, 0.25) is 0 Å². The second-order valence-electron chi connectivity index (χ2n) is 10.1. The normalized spacial score (nSPS) is 17.8. The third-order valence-corrected chi connectivity index (χ3v) is 8.33. The van der Waals surface area contributed by atoms with Gasteiger partial charge in [-0.25, -0.2) is 14.0 Å². The standard InChI is InChI=1S/C31H33Cl2FN2O5.ClH/c1-4-40-30(38)25-18(2)35-19(3)26(27(25)23-6-5-7-24(32)28(23)33)31(39)41-17-16-36-14-12-21(13-15-36)29(37)20-8-10-22(34)11-9-20;/h5-11,21,27,35H,4,12-17H2,1-3H3;1H. The number of likely N-dealkylation sites (tertiary alicyclic amines) is 1. The number of ketones is 1. The average molecular weight is 640 g/mol. The Morgan fingerprint density at radius 2 is 1.55 bits per heavy atom. The van der Waals surface area contributed by atoms with Crippen molar-refractivity contribution < 1.29 is 28.2 Å². The van der Waals surface area contributed by atoms with E-state index in [4.69, 9.17) is 32.7 Å². The average Bonchev–Trinajstić information content (AvgIpc) is 2.94. The van der Waals surface area contributed by atoms with Crippen LogP contribution in [0, 0.1) is 11.7 Å². The Labute approximate surface area is 261 Å². The third kappa shape index (κ3) is 7.53. The summed E-state index contributed by atoms with van der Waals surface area (Å²) in [6.45, 7) is 7.33. The number of rotatable bonds is 9. The van der Waals surface area contributed by atoms with E-state index >= 15 is 0 Å². The second kappa shape index (κ2) is 15.0. The Morgan fingerprint density at radius 3 is 2.14 bits per heavy atom. The van der Waals surface area contributed by atoms with Crippen molar-refractivity contribution in [1.82, 2.24) is 10.2 Å². The fraction of sp³-hybridized carbons (Fsp3) is 0.387. The minimum Gasteiger partial charge on any atom is -0.463 e. The van der Waals surface area contributed by atoms with E-state index in [2.05, 4.69) is 10.2 Å². The van der Waals surface area contributed by atoms with E-state index in [1.807, 2.05) is 0 Å². The Balaban J connectivity index is 0.00000484. The van der Waals surface area contributed by atoms with Crippen LogP contribution in [0.25, 0.3) is 0 Å². The predicted molar refractivity (Wildman–Crippen MR) is 162 cm³/mol. The zero-order valence-electron chi connectivity index (χ0n) is 23.7. The molecule has 0 radical (unpaired) electrons. The third-order valence-electron chi connectivity index (χ3n) is 7.50. The number of piperidine rings is 1. The molecule has 2 aliphatic rings. The van der Waals surface area contributed by atoms with Crippen LogP contribution in [-0.4, -0.2) is 55.5 Å². The number of hydrogen-bond acceptors (Lipinski definition) is 7. The monoisotopic (exact) mass is 638 g/mol. The highest BCUT2D eigenvalue weighted by molar-refractivity contribution is 6.42. The number of carbonyl (C=O) groups is 3. The van der Waals surface area contributed by atoms with Crippen LogP contribution >= 0.6 is 35.6 Å². The number of esters is 2. The summed E-state index contributed by atoms with van der Waals surface area (Å²) in [4.78, 5) is 41.5. The van der Waals surface area contributed by atoms with Crippen molar-refractivity contribution in [2.45, 2.75) is 39.5 Å². The van der Waals surface area contributed by atoms with Crippen LogP contribution in [0.4, 0.5) is 4.39 Å². The first-order valence-corrected chi connectivity index (χ1v) is 14.4. The molecular formula is C31H34Cl3FN2O5. The van der Waals surface area contributed by atoms with Gasteiger partial charge in [-0.15, -0.1) is 12.4 Å². The topological polar surface area (TPSA) is 84.9 Å². The molecule has 226 valence electrons. The summed E-state index contributed by atoms with van der Waals surface area (Å²) in [6.07, 6.45) is 1.33. The lowest BCUT2D eigenvalue weighted by molar-refractivity contribution is -0.140. The van der Waals surface area contributed by atoms with Gasteiger partial charge in [-0.05, 0) is 82.6 Å². The molecule has 4 rings (SSSR count). The van der Waals surface area contributed by atoms with Gasteiger partial charge in [0.15, 0.2) is 5.78 Å². The lowest BCUT2D eigenvalue weighted by Crippen LogP contribution is -2.39. The van der Waals surface area contributed by atoms with Gasteiger partial charge >= 0.3 is 11.9 Å². The molecule has 0 saturated carbocycles. The molecule has 2 heterocycles. The number of Topliss-reactive ketones (excluding diaryl/α,β-unsaturated/α-hetero) is 1. The molecule has 2 aromatic carbocycles. The van der Waals surface area contributed by atoms with Crippen molar-refractivity contribution in [3.63, 3.8) is 0 Å². The molecule has 1 N–H and O–H groups in total. The Morgan fingerprint density at radius 1 is 0.952 bits per heavy atom. The molecule has 2 aromatic rings. The smallest absolute Gasteiger partial charge is 0.336 e. The van der Waals surface area contributed by atoms with Gasteiger partial charge < -0.3 is 14.8 Å². The minimum absolute atomic E-state index is 0. The molecule has 0 amide bonds. The molecule has 1 unspecified atom stereocenters. The van der Waals surface area contributed by atoms with E-state index in [0.29, 0.717) is 60.0 Å².